The highest BCUT2D eigenvalue weighted by Crippen LogP contribution is 2.38. The first-order valence-electron chi connectivity index (χ1n) is 15.5. The predicted octanol–water partition coefficient (Wildman–Crippen LogP) is 9.52. The first-order chi connectivity index (χ1) is 23.3. The normalized spacial score (nSPS) is 11.8. The first-order valence-corrected chi connectivity index (χ1v) is 15.5. The lowest BCUT2D eigenvalue weighted by Crippen LogP contribution is -2.00. The van der Waals surface area contributed by atoms with E-state index in [2.05, 4.69) is 63.6 Å². The van der Waals surface area contributed by atoms with Crippen molar-refractivity contribution in [1.82, 2.24) is 28.9 Å². The summed E-state index contributed by atoms with van der Waals surface area (Å²) < 4.78 is 10.9. The van der Waals surface area contributed by atoms with Gasteiger partial charge in [0.1, 0.15) is 11.2 Å². The molecular weight excluding hydrogens is 580 g/mol. The molecule has 10 aromatic rings. The van der Waals surface area contributed by atoms with Crippen LogP contribution in [0.1, 0.15) is 0 Å². The van der Waals surface area contributed by atoms with Crippen molar-refractivity contribution in [3.63, 3.8) is 0 Å². The molecule has 220 valence electrons. The van der Waals surface area contributed by atoms with Crippen molar-refractivity contribution in [1.29, 1.82) is 0 Å². The number of furan rings is 1. The van der Waals surface area contributed by atoms with Gasteiger partial charge in [-0.05, 0) is 54.6 Å². The zero-order valence-electron chi connectivity index (χ0n) is 24.9. The number of rotatable bonds is 4. The monoisotopic (exact) mass is 604 g/mol. The Hall–Kier alpha value is -6.60. The van der Waals surface area contributed by atoms with Gasteiger partial charge in [0.15, 0.2) is 17.5 Å². The Morgan fingerprint density at radius 3 is 1.79 bits per heavy atom. The van der Waals surface area contributed by atoms with Gasteiger partial charge in [-0.15, -0.1) is 0 Å². The topological polar surface area (TPSA) is 74.0 Å². The number of nitrogens with zero attached hydrogens (tertiary/aromatic N) is 6. The van der Waals surface area contributed by atoms with Gasteiger partial charge < -0.3 is 4.42 Å². The summed E-state index contributed by atoms with van der Waals surface area (Å²) in [5, 5.41) is 1.98. The molecule has 4 heterocycles. The lowest BCUT2D eigenvalue weighted by Gasteiger charge is -2.09. The Balaban J connectivity index is 1.24. The van der Waals surface area contributed by atoms with E-state index in [1.54, 1.807) is 0 Å². The van der Waals surface area contributed by atoms with Gasteiger partial charge in [0.05, 0.1) is 33.1 Å². The van der Waals surface area contributed by atoms with Gasteiger partial charge in [0.2, 0.25) is 5.78 Å². The summed E-state index contributed by atoms with van der Waals surface area (Å²) in [7, 11) is 0. The minimum atomic E-state index is 0.597. The van der Waals surface area contributed by atoms with Crippen molar-refractivity contribution in [3.8, 4) is 39.9 Å². The number of benzene rings is 6. The van der Waals surface area contributed by atoms with E-state index >= 15 is 0 Å². The van der Waals surface area contributed by atoms with Crippen LogP contribution in [0.3, 0.4) is 0 Å². The molecule has 0 radical (unpaired) electrons. The quantitative estimate of drug-likeness (QED) is 0.200. The molecular formula is C40H24N6O. The van der Waals surface area contributed by atoms with Gasteiger partial charge in [-0.25, -0.2) is 19.9 Å². The van der Waals surface area contributed by atoms with Crippen molar-refractivity contribution in [2.75, 3.05) is 0 Å². The summed E-state index contributed by atoms with van der Waals surface area (Å²) in [6.45, 7) is 0. The number of fused-ring (bicyclic) bond motifs is 8. The zero-order valence-corrected chi connectivity index (χ0v) is 24.9. The Labute approximate surface area is 268 Å². The third kappa shape index (κ3) is 3.93. The fraction of sp³-hybridized carbons (Fsp3) is 0. The van der Waals surface area contributed by atoms with Crippen LogP contribution in [0.4, 0.5) is 0 Å². The van der Waals surface area contributed by atoms with Crippen LogP contribution in [0.15, 0.2) is 150 Å². The molecule has 7 heteroatoms. The summed E-state index contributed by atoms with van der Waals surface area (Å²) in [5.41, 5.74) is 9.50. The molecule has 47 heavy (non-hydrogen) atoms. The van der Waals surface area contributed by atoms with Crippen LogP contribution in [0.25, 0.3) is 89.6 Å². The smallest absolute Gasteiger partial charge is 0.220 e. The summed E-state index contributed by atoms with van der Waals surface area (Å²) in [6.07, 6.45) is 0. The Morgan fingerprint density at radius 2 is 1.06 bits per heavy atom. The van der Waals surface area contributed by atoms with Crippen LogP contribution in [0.5, 0.6) is 0 Å². The lowest BCUT2D eigenvalue weighted by molar-refractivity contribution is 0.669. The molecule has 0 aliphatic rings. The van der Waals surface area contributed by atoms with Gasteiger partial charge >= 0.3 is 0 Å². The SMILES string of the molecule is c1ccc(-c2nc(-c3ccccc3)nc(-c3ccc4oc5cccc(-n6c7ccccc7n7c8ccccc8nc67)c5c4c3)n2)cc1. The van der Waals surface area contributed by atoms with E-state index in [0.717, 1.165) is 72.2 Å². The molecule has 0 amide bonds. The number of imidazole rings is 2. The van der Waals surface area contributed by atoms with Crippen LogP contribution in [0.2, 0.25) is 0 Å². The largest absolute Gasteiger partial charge is 0.456 e. The third-order valence-electron chi connectivity index (χ3n) is 8.78. The number of hydrogen-bond donors (Lipinski definition) is 0. The van der Waals surface area contributed by atoms with E-state index < -0.39 is 0 Å². The minimum absolute atomic E-state index is 0.597. The van der Waals surface area contributed by atoms with Crippen LogP contribution < -0.4 is 0 Å². The molecule has 0 atom stereocenters. The highest BCUT2D eigenvalue weighted by molar-refractivity contribution is 6.11. The Kier molecular flexibility index (Phi) is 5.44. The zero-order chi connectivity index (χ0) is 30.9. The average Bonchev–Trinajstić information content (AvgIpc) is 3.80. The molecule has 0 fully saturated rings. The molecule has 0 saturated heterocycles. The van der Waals surface area contributed by atoms with Gasteiger partial charge in [-0.3, -0.25) is 8.97 Å². The maximum Gasteiger partial charge on any atom is 0.220 e. The Morgan fingerprint density at radius 1 is 0.447 bits per heavy atom. The molecule has 4 aromatic heterocycles. The second kappa shape index (κ2) is 9.95. The summed E-state index contributed by atoms with van der Waals surface area (Å²) in [6, 6.07) is 49.1. The van der Waals surface area contributed by atoms with Crippen molar-refractivity contribution < 1.29 is 4.42 Å². The maximum atomic E-state index is 6.46. The third-order valence-corrected chi connectivity index (χ3v) is 8.78. The van der Waals surface area contributed by atoms with Crippen molar-refractivity contribution >= 4 is 49.8 Å². The number of hydrogen-bond acceptors (Lipinski definition) is 5. The van der Waals surface area contributed by atoms with Gasteiger partial charge in [-0.1, -0.05) is 91.0 Å². The van der Waals surface area contributed by atoms with E-state index in [9.17, 15) is 0 Å². The molecule has 0 aliphatic carbocycles. The molecule has 0 N–H and O–H groups in total. The Bertz CT molecular complexity index is 2740. The van der Waals surface area contributed by atoms with E-state index in [-0.39, 0.29) is 0 Å². The predicted molar refractivity (Wildman–Crippen MR) is 187 cm³/mol. The fourth-order valence-electron chi connectivity index (χ4n) is 6.66. The highest BCUT2D eigenvalue weighted by atomic mass is 16.3. The lowest BCUT2D eigenvalue weighted by atomic mass is 10.1. The van der Waals surface area contributed by atoms with Crippen LogP contribution in [-0.4, -0.2) is 28.9 Å². The van der Waals surface area contributed by atoms with E-state index in [4.69, 9.17) is 24.4 Å². The highest BCUT2D eigenvalue weighted by Gasteiger charge is 2.21. The van der Waals surface area contributed by atoms with Crippen LogP contribution in [0, 0.1) is 0 Å². The molecule has 0 saturated carbocycles. The van der Waals surface area contributed by atoms with Gasteiger partial charge in [0, 0.05) is 22.1 Å². The average molecular weight is 605 g/mol. The minimum Gasteiger partial charge on any atom is -0.456 e. The molecule has 0 aliphatic heterocycles. The maximum absolute atomic E-state index is 6.46. The second-order valence-electron chi connectivity index (χ2n) is 11.6. The molecule has 0 bridgehead atoms. The molecule has 10 rings (SSSR count). The fourth-order valence-corrected chi connectivity index (χ4v) is 6.66. The van der Waals surface area contributed by atoms with Gasteiger partial charge in [0.25, 0.3) is 0 Å². The van der Waals surface area contributed by atoms with E-state index in [1.165, 1.54) is 0 Å². The standard InChI is InChI=1S/C40H24N6O/c1-3-12-25(13-4-1)37-42-38(26-14-5-2-6-15-26)44-39(43-37)27-22-23-34-28(24-27)36-33(20-11-21-35(36)47-34)46-32-19-10-9-18-31(32)45-30-17-8-7-16-29(30)41-40(45)46/h1-24H. The van der Waals surface area contributed by atoms with Crippen molar-refractivity contribution in [2.24, 2.45) is 0 Å². The molecule has 6 aromatic carbocycles. The number of aromatic nitrogens is 6. The summed E-state index contributed by atoms with van der Waals surface area (Å²) >= 11 is 0. The summed E-state index contributed by atoms with van der Waals surface area (Å²) in [4.78, 5) is 19.9. The molecule has 0 spiro atoms. The van der Waals surface area contributed by atoms with Crippen LogP contribution in [-0.2, 0) is 0 Å². The molecule has 0 unspecified atom stereocenters. The number of para-hydroxylation sites is 4. The molecule has 7 nitrogen and oxygen atoms in total. The van der Waals surface area contributed by atoms with Crippen molar-refractivity contribution in [2.45, 2.75) is 0 Å². The summed E-state index contributed by atoms with van der Waals surface area (Å²) in [5.74, 6) is 2.70. The van der Waals surface area contributed by atoms with E-state index in [1.807, 2.05) is 91.0 Å². The van der Waals surface area contributed by atoms with Gasteiger partial charge in [-0.2, -0.15) is 0 Å². The van der Waals surface area contributed by atoms with E-state index in [0.29, 0.717) is 17.5 Å². The first kappa shape index (κ1) is 25.7. The second-order valence-corrected chi connectivity index (χ2v) is 11.6. The van der Waals surface area contributed by atoms with Crippen LogP contribution >= 0.6 is 0 Å². The van der Waals surface area contributed by atoms with Crippen molar-refractivity contribution in [3.05, 3.63) is 146 Å².